The number of nitrogens with zero attached hydrogens (tertiary/aromatic N) is 4. The van der Waals surface area contributed by atoms with Crippen LogP contribution in [0.15, 0.2) is 42.9 Å². The number of halogens is 2. The van der Waals surface area contributed by atoms with E-state index in [0.717, 1.165) is 61.9 Å². The predicted molar refractivity (Wildman–Crippen MR) is 92.3 cm³/mol. The Morgan fingerprint density at radius 3 is 2.81 bits per heavy atom. The van der Waals surface area contributed by atoms with Gasteiger partial charge in [-0.25, -0.2) is 18.3 Å². The van der Waals surface area contributed by atoms with Crippen LogP contribution in [-0.4, -0.2) is 37.7 Å². The van der Waals surface area contributed by atoms with Gasteiger partial charge in [0.15, 0.2) is 5.65 Å². The van der Waals surface area contributed by atoms with Crippen LogP contribution in [0.25, 0.3) is 5.65 Å². The maximum Gasteiger partial charge on any atom is 0.154 e. The standard InChI is InChI=1S/C19H20F2N4O/c20-15-1-2-17(21)16(9-15)19(26)14-4-7-24(8-5-14)11-13-10-22-18-3-6-23-25(18)12-13/h1-3,6,9-10,12,14,19,26H,4-5,7-8,11H2. The Bertz CT molecular complexity index is 905. The highest BCUT2D eigenvalue weighted by Crippen LogP contribution is 2.32. The summed E-state index contributed by atoms with van der Waals surface area (Å²) in [5, 5.41) is 14.7. The van der Waals surface area contributed by atoms with E-state index in [-0.39, 0.29) is 11.5 Å². The highest BCUT2D eigenvalue weighted by atomic mass is 19.1. The van der Waals surface area contributed by atoms with E-state index >= 15 is 0 Å². The first kappa shape index (κ1) is 17.1. The molecule has 1 atom stereocenters. The van der Waals surface area contributed by atoms with Crippen LogP contribution >= 0.6 is 0 Å². The van der Waals surface area contributed by atoms with E-state index in [1.165, 1.54) is 0 Å². The number of likely N-dealkylation sites (tertiary alicyclic amines) is 1. The summed E-state index contributed by atoms with van der Waals surface area (Å²) in [6.45, 7) is 2.32. The molecule has 26 heavy (non-hydrogen) atoms. The third-order valence-electron chi connectivity index (χ3n) is 5.06. The molecule has 1 aliphatic rings. The van der Waals surface area contributed by atoms with Gasteiger partial charge >= 0.3 is 0 Å². The molecule has 0 saturated carbocycles. The van der Waals surface area contributed by atoms with Crippen molar-refractivity contribution in [1.82, 2.24) is 19.5 Å². The van der Waals surface area contributed by atoms with E-state index in [0.29, 0.717) is 0 Å². The summed E-state index contributed by atoms with van der Waals surface area (Å²) in [7, 11) is 0. The molecule has 136 valence electrons. The quantitative estimate of drug-likeness (QED) is 0.779. The number of aromatic nitrogens is 3. The second-order valence-electron chi connectivity index (χ2n) is 6.82. The van der Waals surface area contributed by atoms with Gasteiger partial charge in [0.05, 0.1) is 12.3 Å². The molecule has 3 heterocycles. The Morgan fingerprint density at radius 1 is 1.19 bits per heavy atom. The Morgan fingerprint density at radius 2 is 2.00 bits per heavy atom. The van der Waals surface area contributed by atoms with E-state index < -0.39 is 17.7 Å². The summed E-state index contributed by atoms with van der Waals surface area (Å²) < 4.78 is 29.0. The Labute approximate surface area is 149 Å². The number of aliphatic hydroxyl groups is 1. The third-order valence-corrected chi connectivity index (χ3v) is 5.06. The molecule has 0 aliphatic carbocycles. The number of aliphatic hydroxyl groups excluding tert-OH is 1. The molecule has 5 nitrogen and oxygen atoms in total. The number of piperidine rings is 1. The molecule has 1 aromatic carbocycles. The first-order valence-corrected chi connectivity index (χ1v) is 8.74. The Kier molecular flexibility index (Phi) is 4.65. The number of rotatable bonds is 4. The van der Waals surface area contributed by atoms with E-state index in [1.54, 1.807) is 10.7 Å². The minimum Gasteiger partial charge on any atom is -0.388 e. The zero-order valence-electron chi connectivity index (χ0n) is 14.2. The molecule has 2 aromatic heterocycles. The molecule has 7 heteroatoms. The molecule has 1 fully saturated rings. The minimum atomic E-state index is -0.977. The summed E-state index contributed by atoms with van der Waals surface area (Å²) in [6, 6.07) is 5.08. The van der Waals surface area contributed by atoms with Crippen LogP contribution < -0.4 is 0 Å². The van der Waals surface area contributed by atoms with E-state index in [2.05, 4.69) is 15.0 Å². The van der Waals surface area contributed by atoms with Crippen LogP contribution in [0.5, 0.6) is 0 Å². The van der Waals surface area contributed by atoms with Crippen LogP contribution in [0, 0.1) is 17.6 Å². The van der Waals surface area contributed by atoms with Crippen molar-refractivity contribution >= 4 is 5.65 Å². The van der Waals surface area contributed by atoms with Crippen LogP contribution in [0.2, 0.25) is 0 Å². The van der Waals surface area contributed by atoms with Crippen molar-refractivity contribution in [2.75, 3.05) is 13.1 Å². The number of benzene rings is 1. The van der Waals surface area contributed by atoms with Gasteiger partial charge in [0.1, 0.15) is 11.6 Å². The molecule has 1 N–H and O–H groups in total. The lowest BCUT2D eigenvalue weighted by Crippen LogP contribution is -2.35. The van der Waals surface area contributed by atoms with Gasteiger partial charge in [0.25, 0.3) is 0 Å². The van der Waals surface area contributed by atoms with E-state index in [1.807, 2.05) is 18.5 Å². The largest absolute Gasteiger partial charge is 0.388 e. The fraction of sp³-hybridized carbons (Fsp3) is 0.368. The smallest absolute Gasteiger partial charge is 0.154 e. The molecular weight excluding hydrogens is 338 g/mol. The molecule has 0 spiro atoms. The van der Waals surface area contributed by atoms with Crippen LogP contribution in [0.3, 0.4) is 0 Å². The predicted octanol–water partition coefficient (Wildman–Crippen LogP) is 2.95. The number of hydrogen-bond donors (Lipinski definition) is 1. The van der Waals surface area contributed by atoms with Crippen LogP contribution in [0.1, 0.15) is 30.1 Å². The zero-order chi connectivity index (χ0) is 18.1. The van der Waals surface area contributed by atoms with Crippen LogP contribution in [0.4, 0.5) is 8.78 Å². The fourth-order valence-corrected chi connectivity index (χ4v) is 3.61. The molecule has 0 radical (unpaired) electrons. The number of hydrogen-bond acceptors (Lipinski definition) is 4. The SMILES string of the molecule is OC(c1cc(F)ccc1F)C1CCN(Cc2cnc3ccnn3c2)CC1. The summed E-state index contributed by atoms with van der Waals surface area (Å²) in [5.41, 5.74) is 1.93. The molecule has 1 aliphatic heterocycles. The molecule has 1 unspecified atom stereocenters. The second-order valence-corrected chi connectivity index (χ2v) is 6.82. The zero-order valence-corrected chi connectivity index (χ0v) is 14.2. The van der Waals surface area contributed by atoms with Crippen molar-refractivity contribution in [3.05, 3.63) is 65.6 Å². The normalized spacial score (nSPS) is 17.7. The van der Waals surface area contributed by atoms with E-state index in [4.69, 9.17) is 0 Å². The lowest BCUT2D eigenvalue weighted by atomic mass is 9.87. The van der Waals surface area contributed by atoms with Gasteiger partial charge in [-0.1, -0.05) is 0 Å². The van der Waals surface area contributed by atoms with Gasteiger partial charge in [0.2, 0.25) is 0 Å². The summed E-state index contributed by atoms with van der Waals surface area (Å²) in [5.74, 6) is -1.16. The third kappa shape index (κ3) is 3.45. The number of fused-ring (bicyclic) bond motifs is 1. The van der Waals surface area contributed by atoms with Crippen molar-refractivity contribution in [2.24, 2.45) is 5.92 Å². The lowest BCUT2D eigenvalue weighted by molar-refractivity contribution is 0.0541. The summed E-state index contributed by atoms with van der Waals surface area (Å²) in [4.78, 5) is 6.64. The Balaban J connectivity index is 1.38. The maximum absolute atomic E-state index is 13.9. The maximum atomic E-state index is 13.9. The minimum absolute atomic E-state index is 0.0526. The van der Waals surface area contributed by atoms with Gasteiger partial charge in [-0.05, 0) is 50.0 Å². The summed E-state index contributed by atoms with van der Waals surface area (Å²) >= 11 is 0. The topological polar surface area (TPSA) is 53.7 Å². The monoisotopic (exact) mass is 358 g/mol. The van der Waals surface area contributed by atoms with Crippen molar-refractivity contribution in [3.63, 3.8) is 0 Å². The first-order valence-electron chi connectivity index (χ1n) is 8.74. The molecule has 3 aromatic rings. The molecule has 1 saturated heterocycles. The van der Waals surface area contributed by atoms with Gasteiger partial charge in [0, 0.05) is 36.1 Å². The molecular formula is C19H20F2N4O. The first-order chi connectivity index (χ1) is 12.6. The molecule has 4 rings (SSSR count). The van der Waals surface area contributed by atoms with Crippen molar-refractivity contribution in [3.8, 4) is 0 Å². The van der Waals surface area contributed by atoms with Gasteiger partial charge in [-0.15, -0.1) is 0 Å². The molecule has 0 amide bonds. The highest BCUT2D eigenvalue weighted by Gasteiger charge is 2.28. The Hall–Kier alpha value is -2.38. The van der Waals surface area contributed by atoms with Gasteiger partial charge < -0.3 is 5.11 Å². The van der Waals surface area contributed by atoms with Crippen molar-refractivity contribution in [2.45, 2.75) is 25.5 Å². The van der Waals surface area contributed by atoms with Gasteiger partial charge in [-0.2, -0.15) is 5.10 Å². The lowest BCUT2D eigenvalue weighted by Gasteiger charge is -2.34. The van der Waals surface area contributed by atoms with Crippen molar-refractivity contribution < 1.29 is 13.9 Å². The van der Waals surface area contributed by atoms with E-state index in [9.17, 15) is 13.9 Å². The van der Waals surface area contributed by atoms with Crippen LogP contribution in [-0.2, 0) is 6.54 Å². The average Bonchev–Trinajstić information content (AvgIpc) is 3.11. The van der Waals surface area contributed by atoms with Gasteiger partial charge in [-0.3, -0.25) is 4.90 Å². The van der Waals surface area contributed by atoms with Crippen molar-refractivity contribution in [1.29, 1.82) is 0 Å². The molecule has 0 bridgehead atoms. The highest BCUT2D eigenvalue weighted by molar-refractivity contribution is 5.35. The summed E-state index contributed by atoms with van der Waals surface area (Å²) in [6.07, 6.45) is 6.01. The fourth-order valence-electron chi connectivity index (χ4n) is 3.61. The second kappa shape index (κ2) is 7.09. The average molecular weight is 358 g/mol.